The minimum absolute atomic E-state index is 0. The average molecular weight is 526 g/mol. The van der Waals surface area contributed by atoms with Gasteiger partial charge in [-0.2, -0.15) is 5.10 Å². The number of nitrogens with zero attached hydrogens (tertiary/aromatic N) is 3. The van der Waals surface area contributed by atoms with Crippen molar-refractivity contribution in [2.24, 2.45) is 4.99 Å². The fourth-order valence-electron chi connectivity index (χ4n) is 2.79. The summed E-state index contributed by atoms with van der Waals surface area (Å²) >= 11 is 1.83. The number of thiophene rings is 1. The van der Waals surface area contributed by atoms with E-state index in [1.807, 2.05) is 35.6 Å². The lowest BCUT2D eigenvalue weighted by molar-refractivity contribution is 0.415. The predicted molar refractivity (Wildman–Crippen MR) is 129 cm³/mol. The van der Waals surface area contributed by atoms with Gasteiger partial charge in [-0.3, -0.25) is 10.1 Å². The van der Waals surface area contributed by atoms with Crippen molar-refractivity contribution in [2.75, 3.05) is 14.2 Å². The molecule has 0 bridgehead atoms. The number of aromatic nitrogens is 3. The summed E-state index contributed by atoms with van der Waals surface area (Å²) in [7, 11) is 3.41. The maximum absolute atomic E-state index is 5.18. The first-order valence-corrected chi connectivity index (χ1v) is 9.97. The zero-order valence-electron chi connectivity index (χ0n) is 17.0. The van der Waals surface area contributed by atoms with Crippen LogP contribution in [0.15, 0.2) is 41.4 Å². The summed E-state index contributed by atoms with van der Waals surface area (Å²) in [6.07, 6.45) is 0.961. The molecule has 3 N–H and O–H groups in total. The number of aryl methyl sites for hydroxylation is 1. The fraction of sp³-hybridized carbons (Fsp3) is 0.350. The minimum Gasteiger partial charge on any atom is -0.497 e. The first kappa shape index (κ1) is 23.1. The van der Waals surface area contributed by atoms with E-state index in [4.69, 9.17) is 4.74 Å². The van der Waals surface area contributed by atoms with Gasteiger partial charge in [-0.25, -0.2) is 4.98 Å². The number of hydrogen-bond acceptors (Lipinski definition) is 5. The molecule has 0 radical (unpaired) electrons. The number of guanidine groups is 1. The van der Waals surface area contributed by atoms with E-state index in [9.17, 15) is 0 Å². The Kier molecular flexibility index (Phi) is 8.90. The summed E-state index contributed by atoms with van der Waals surface area (Å²) in [6, 6.07) is 12.3. The van der Waals surface area contributed by atoms with Crippen molar-refractivity contribution < 1.29 is 4.74 Å². The van der Waals surface area contributed by atoms with Gasteiger partial charge in [0.25, 0.3) is 0 Å². The lowest BCUT2D eigenvalue weighted by Gasteiger charge is -2.16. The summed E-state index contributed by atoms with van der Waals surface area (Å²) in [5, 5.41) is 14.0. The van der Waals surface area contributed by atoms with Crippen molar-refractivity contribution in [2.45, 2.75) is 32.9 Å². The van der Waals surface area contributed by atoms with Gasteiger partial charge in [0.2, 0.25) is 0 Å². The molecule has 1 aromatic carbocycles. The Morgan fingerprint density at radius 1 is 1.24 bits per heavy atom. The second kappa shape index (κ2) is 11.1. The van der Waals surface area contributed by atoms with Crippen molar-refractivity contribution >= 4 is 41.3 Å². The summed E-state index contributed by atoms with van der Waals surface area (Å²) in [5.74, 6) is 2.95. The first-order valence-electron chi connectivity index (χ1n) is 9.15. The van der Waals surface area contributed by atoms with Crippen LogP contribution in [0.5, 0.6) is 5.75 Å². The van der Waals surface area contributed by atoms with Crippen molar-refractivity contribution in [1.29, 1.82) is 0 Å². The number of halogens is 1. The van der Waals surface area contributed by atoms with Crippen LogP contribution in [-0.4, -0.2) is 41.3 Å². The average Bonchev–Trinajstić information content (AvgIpc) is 3.34. The van der Waals surface area contributed by atoms with Crippen LogP contribution in [0.1, 0.15) is 22.5 Å². The highest BCUT2D eigenvalue weighted by Gasteiger charge is 2.10. The smallest absolute Gasteiger partial charge is 0.191 e. The monoisotopic (exact) mass is 526 g/mol. The van der Waals surface area contributed by atoms with Crippen molar-refractivity contribution in [3.63, 3.8) is 0 Å². The summed E-state index contributed by atoms with van der Waals surface area (Å²) in [4.78, 5) is 11.5. The fourth-order valence-corrected chi connectivity index (χ4v) is 3.81. The van der Waals surface area contributed by atoms with Gasteiger partial charge in [0.05, 0.1) is 13.7 Å². The van der Waals surface area contributed by atoms with Gasteiger partial charge >= 0.3 is 0 Å². The van der Waals surface area contributed by atoms with Gasteiger partial charge in [0.1, 0.15) is 11.6 Å². The lowest BCUT2D eigenvalue weighted by atomic mass is 10.2. The lowest BCUT2D eigenvalue weighted by Crippen LogP contribution is -2.42. The van der Waals surface area contributed by atoms with Crippen LogP contribution in [-0.2, 0) is 13.0 Å². The van der Waals surface area contributed by atoms with E-state index in [1.165, 1.54) is 9.75 Å². The quantitative estimate of drug-likeness (QED) is 0.248. The first-order chi connectivity index (χ1) is 13.6. The van der Waals surface area contributed by atoms with Gasteiger partial charge in [-0.15, -0.1) is 35.3 Å². The molecule has 9 heteroatoms. The van der Waals surface area contributed by atoms with Gasteiger partial charge in [-0.1, -0.05) is 0 Å². The van der Waals surface area contributed by atoms with Crippen LogP contribution in [0.25, 0.3) is 11.4 Å². The molecule has 1 atom stereocenters. The van der Waals surface area contributed by atoms with E-state index in [0.29, 0.717) is 12.4 Å². The van der Waals surface area contributed by atoms with Gasteiger partial charge in [0, 0.05) is 34.8 Å². The number of H-pyrrole nitrogens is 1. The SMILES string of the molecule is CN=C(NCc1nc(-c2ccc(OC)cc2)n[nH]1)NC(C)Cc1ccc(C)s1.I. The molecule has 0 fully saturated rings. The maximum atomic E-state index is 5.18. The number of aliphatic imine (C=N–C) groups is 1. The highest BCUT2D eigenvalue weighted by Crippen LogP contribution is 2.19. The third-order valence-electron chi connectivity index (χ3n) is 4.21. The second-order valence-corrected chi connectivity index (χ2v) is 7.89. The Labute approximate surface area is 192 Å². The third kappa shape index (κ3) is 6.70. The number of benzene rings is 1. The summed E-state index contributed by atoms with van der Waals surface area (Å²) in [6.45, 7) is 4.79. The molecule has 1 unspecified atom stereocenters. The molecule has 0 saturated heterocycles. The minimum atomic E-state index is 0. The van der Waals surface area contributed by atoms with Crippen LogP contribution in [0.2, 0.25) is 0 Å². The summed E-state index contributed by atoms with van der Waals surface area (Å²) in [5.41, 5.74) is 0.936. The molecule has 3 rings (SSSR count). The number of rotatable bonds is 7. The second-order valence-electron chi connectivity index (χ2n) is 6.52. The van der Waals surface area contributed by atoms with Crippen molar-refractivity contribution in [1.82, 2.24) is 25.8 Å². The summed E-state index contributed by atoms with van der Waals surface area (Å²) < 4.78 is 5.18. The molecule has 0 spiro atoms. The molecule has 156 valence electrons. The topological polar surface area (TPSA) is 87.2 Å². The van der Waals surface area contributed by atoms with Gasteiger partial charge in [-0.05, 0) is 50.2 Å². The van der Waals surface area contributed by atoms with E-state index >= 15 is 0 Å². The Bertz CT molecular complexity index is 921. The van der Waals surface area contributed by atoms with Gasteiger partial charge < -0.3 is 15.4 Å². The molecule has 0 amide bonds. The van der Waals surface area contributed by atoms with E-state index in [0.717, 1.165) is 29.5 Å². The van der Waals surface area contributed by atoms with Crippen LogP contribution >= 0.6 is 35.3 Å². The highest BCUT2D eigenvalue weighted by atomic mass is 127. The van der Waals surface area contributed by atoms with E-state index < -0.39 is 0 Å². The molecule has 0 aliphatic heterocycles. The number of nitrogens with one attached hydrogen (secondary N) is 3. The molecule has 0 saturated carbocycles. The van der Waals surface area contributed by atoms with E-state index in [1.54, 1.807) is 14.2 Å². The Morgan fingerprint density at radius 2 is 2.00 bits per heavy atom. The Hall–Kier alpha value is -2.14. The normalized spacial score (nSPS) is 12.2. The molecule has 3 aromatic rings. The largest absolute Gasteiger partial charge is 0.497 e. The molecule has 7 nitrogen and oxygen atoms in total. The zero-order chi connectivity index (χ0) is 19.9. The highest BCUT2D eigenvalue weighted by molar-refractivity contribution is 14.0. The molecule has 2 heterocycles. The van der Waals surface area contributed by atoms with Crippen LogP contribution in [0, 0.1) is 6.92 Å². The number of methoxy groups -OCH3 is 1. The molecule has 0 aliphatic carbocycles. The molecule has 0 aliphatic rings. The van der Waals surface area contributed by atoms with E-state index in [-0.39, 0.29) is 30.0 Å². The zero-order valence-corrected chi connectivity index (χ0v) is 20.2. The molecular weight excluding hydrogens is 499 g/mol. The standard InChI is InChI=1S/C20H26N6OS.HI/c1-13(11-17-10-5-14(2)28-17)23-20(21-3)22-12-18-24-19(26-25-18)15-6-8-16(27-4)9-7-15;/h5-10,13H,11-12H2,1-4H3,(H2,21,22,23)(H,24,25,26);1H. The third-order valence-corrected chi connectivity index (χ3v) is 5.24. The molecular formula is C20H27IN6OS. The van der Waals surface area contributed by atoms with Crippen molar-refractivity contribution in [3.05, 3.63) is 52.0 Å². The van der Waals surface area contributed by atoms with Crippen molar-refractivity contribution in [3.8, 4) is 17.1 Å². The predicted octanol–water partition coefficient (Wildman–Crippen LogP) is 3.76. The maximum Gasteiger partial charge on any atom is 0.191 e. The number of hydrogen-bond donors (Lipinski definition) is 3. The molecule has 2 aromatic heterocycles. The number of ether oxygens (including phenoxy) is 1. The molecule has 29 heavy (non-hydrogen) atoms. The van der Waals surface area contributed by atoms with Crippen LogP contribution in [0.4, 0.5) is 0 Å². The van der Waals surface area contributed by atoms with Gasteiger partial charge in [0.15, 0.2) is 11.8 Å². The number of aromatic amines is 1. The Balaban J connectivity index is 0.00000300. The van der Waals surface area contributed by atoms with E-state index in [2.05, 4.69) is 56.8 Å². The Morgan fingerprint density at radius 3 is 2.62 bits per heavy atom. The van der Waals surface area contributed by atoms with Crippen LogP contribution in [0.3, 0.4) is 0 Å². The van der Waals surface area contributed by atoms with Crippen LogP contribution < -0.4 is 15.4 Å².